The number of rotatable bonds is 7. The summed E-state index contributed by atoms with van der Waals surface area (Å²) >= 11 is 0. The first kappa shape index (κ1) is 20.1. The fraction of sp³-hybridized carbons (Fsp3) is 0.333. The average Bonchev–Trinajstić information content (AvgIpc) is 2.55. The number of hydrogen-bond donors (Lipinski definition) is 1. The zero-order chi connectivity index (χ0) is 19.3. The van der Waals surface area contributed by atoms with E-state index in [0.717, 1.165) is 13.1 Å². The van der Waals surface area contributed by atoms with E-state index in [0.29, 0.717) is 0 Å². The van der Waals surface area contributed by atoms with Crippen molar-refractivity contribution < 1.29 is 32.4 Å². The SMILES string of the molecule is CCN/C=C(/C(=O)OCC)C(=O)c1c(F)c(C)c(F)c(F)c1[N+](=O)[O-]. The number of halogens is 3. The highest BCUT2D eigenvalue weighted by Crippen LogP contribution is 2.32. The van der Waals surface area contributed by atoms with Crippen LogP contribution >= 0.6 is 0 Å². The fourth-order valence-electron chi connectivity index (χ4n) is 1.91. The molecule has 1 N–H and O–H groups in total. The van der Waals surface area contributed by atoms with Crippen molar-refractivity contribution in [2.24, 2.45) is 0 Å². The Morgan fingerprint density at radius 1 is 1.20 bits per heavy atom. The molecule has 0 atom stereocenters. The van der Waals surface area contributed by atoms with E-state index >= 15 is 0 Å². The summed E-state index contributed by atoms with van der Waals surface area (Å²) in [7, 11) is 0. The number of benzene rings is 1. The lowest BCUT2D eigenvalue weighted by atomic mass is 9.98. The van der Waals surface area contributed by atoms with Crippen molar-refractivity contribution in [2.75, 3.05) is 13.2 Å². The average molecular weight is 360 g/mol. The molecule has 7 nitrogen and oxygen atoms in total. The Bertz CT molecular complexity index is 762. The summed E-state index contributed by atoms with van der Waals surface area (Å²) in [6.45, 7) is 4.01. The maximum absolute atomic E-state index is 14.3. The summed E-state index contributed by atoms with van der Waals surface area (Å²) in [5.74, 6) is -8.08. The zero-order valence-electron chi connectivity index (χ0n) is 13.6. The van der Waals surface area contributed by atoms with Crippen LogP contribution in [0, 0.1) is 34.5 Å². The number of Topliss-reactive ketones (excluding diaryl/α,β-unsaturated/α-hetero) is 1. The molecule has 0 fully saturated rings. The van der Waals surface area contributed by atoms with E-state index in [1.165, 1.54) is 6.92 Å². The third-order valence-electron chi connectivity index (χ3n) is 3.12. The first-order valence-corrected chi connectivity index (χ1v) is 7.15. The Labute approximate surface area is 140 Å². The lowest BCUT2D eigenvalue weighted by Gasteiger charge is -2.11. The van der Waals surface area contributed by atoms with Gasteiger partial charge < -0.3 is 10.1 Å². The Morgan fingerprint density at radius 2 is 1.80 bits per heavy atom. The molecule has 0 aromatic heterocycles. The van der Waals surface area contributed by atoms with Gasteiger partial charge in [0.15, 0.2) is 5.82 Å². The molecule has 1 rings (SSSR count). The van der Waals surface area contributed by atoms with Gasteiger partial charge in [-0.3, -0.25) is 14.9 Å². The van der Waals surface area contributed by atoms with Gasteiger partial charge in [0.1, 0.15) is 17.0 Å². The van der Waals surface area contributed by atoms with E-state index in [1.54, 1.807) is 6.92 Å². The topological polar surface area (TPSA) is 98.5 Å². The van der Waals surface area contributed by atoms with Gasteiger partial charge in [-0.1, -0.05) is 0 Å². The molecule has 0 unspecified atom stereocenters. The van der Waals surface area contributed by atoms with Crippen LogP contribution in [0.2, 0.25) is 0 Å². The minimum Gasteiger partial charge on any atom is -0.462 e. The highest BCUT2D eigenvalue weighted by atomic mass is 19.2. The van der Waals surface area contributed by atoms with E-state index < -0.39 is 56.5 Å². The molecule has 0 heterocycles. The summed E-state index contributed by atoms with van der Waals surface area (Å²) in [5, 5.41) is 13.5. The highest BCUT2D eigenvalue weighted by molar-refractivity contribution is 6.25. The monoisotopic (exact) mass is 360 g/mol. The fourth-order valence-corrected chi connectivity index (χ4v) is 1.91. The van der Waals surface area contributed by atoms with E-state index in [-0.39, 0.29) is 13.2 Å². The number of carbonyl (C=O) groups excluding carboxylic acids is 2. The molecule has 0 aliphatic heterocycles. The highest BCUT2D eigenvalue weighted by Gasteiger charge is 2.37. The number of nitrogens with one attached hydrogen (secondary N) is 1. The Hall–Kier alpha value is -2.91. The third kappa shape index (κ3) is 3.95. The van der Waals surface area contributed by atoms with Crippen LogP contribution in [0.1, 0.15) is 29.8 Å². The van der Waals surface area contributed by atoms with Crippen molar-refractivity contribution in [1.29, 1.82) is 0 Å². The van der Waals surface area contributed by atoms with E-state index in [4.69, 9.17) is 0 Å². The van der Waals surface area contributed by atoms with Gasteiger partial charge in [0, 0.05) is 18.3 Å². The molecule has 0 amide bonds. The van der Waals surface area contributed by atoms with Crippen LogP contribution in [0.15, 0.2) is 11.8 Å². The molecule has 0 saturated heterocycles. The number of nitro groups is 1. The molecule has 136 valence electrons. The Morgan fingerprint density at radius 3 is 2.28 bits per heavy atom. The summed E-state index contributed by atoms with van der Waals surface area (Å²) < 4.78 is 46.4. The third-order valence-corrected chi connectivity index (χ3v) is 3.12. The zero-order valence-corrected chi connectivity index (χ0v) is 13.6. The number of hydrogen-bond acceptors (Lipinski definition) is 6. The molecular weight excluding hydrogens is 345 g/mol. The second-order valence-electron chi connectivity index (χ2n) is 4.71. The summed E-state index contributed by atoms with van der Waals surface area (Å²) in [4.78, 5) is 34.0. The summed E-state index contributed by atoms with van der Waals surface area (Å²) in [6.07, 6.45) is 0.875. The maximum Gasteiger partial charge on any atom is 0.343 e. The van der Waals surface area contributed by atoms with Crippen molar-refractivity contribution in [3.05, 3.63) is 50.5 Å². The first-order chi connectivity index (χ1) is 11.7. The quantitative estimate of drug-likeness (QED) is 0.117. The van der Waals surface area contributed by atoms with Gasteiger partial charge in [-0.15, -0.1) is 0 Å². The van der Waals surface area contributed by atoms with Crippen molar-refractivity contribution in [1.82, 2.24) is 5.32 Å². The van der Waals surface area contributed by atoms with Crippen molar-refractivity contribution in [3.8, 4) is 0 Å². The van der Waals surface area contributed by atoms with Crippen LogP contribution in [0.4, 0.5) is 18.9 Å². The van der Waals surface area contributed by atoms with Gasteiger partial charge in [0.2, 0.25) is 11.6 Å². The van der Waals surface area contributed by atoms with Crippen LogP contribution in [-0.4, -0.2) is 29.8 Å². The van der Waals surface area contributed by atoms with Crippen molar-refractivity contribution >= 4 is 17.4 Å². The lowest BCUT2D eigenvalue weighted by Crippen LogP contribution is -2.22. The van der Waals surface area contributed by atoms with Crippen LogP contribution in [0.25, 0.3) is 0 Å². The molecule has 10 heteroatoms. The van der Waals surface area contributed by atoms with E-state index in [9.17, 15) is 32.9 Å². The molecular formula is C15H15F3N2O5. The minimum atomic E-state index is -1.99. The normalized spacial score (nSPS) is 11.2. The molecule has 1 aromatic carbocycles. The minimum absolute atomic E-state index is 0.128. The van der Waals surface area contributed by atoms with Gasteiger partial charge in [-0.2, -0.15) is 4.39 Å². The summed E-state index contributed by atoms with van der Waals surface area (Å²) in [5.41, 5.74) is -4.73. The molecule has 0 aliphatic rings. The van der Waals surface area contributed by atoms with Gasteiger partial charge in [0.25, 0.3) is 0 Å². The largest absolute Gasteiger partial charge is 0.462 e. The molecule has 1 aromatic rings. The number of esters is 1. The maximum atomic E-state index is 14.3. The number of carbonyl (C=O) groups is 2. The van der Waals surface area contributed by atoms with Gasteiger partial charge >= 0.3 is 11.7 Å². The molecule has 0 spiro atoms. The molecule has 0 saturated carbocycles. The number of nitro benzene ring substituents is 1. The van der Waals surface area contributed by atoms with Crippen molar-refractivity contribution in [3.63, 3.8) is 0 Å². The second-order valence-corrected chi connectivity index (χ2v) is 4.71. The molecule has 0 aliphatic carbocycles. The Balaban J connectivity index is 3.69. The van der Waals surface area contributed by atoms with Crippen LogP contribution < -0.4 is 5.32 Å². The van der Waals surface area contributed by atoms with Gasteiger partial charge in [0.05, 0.1) is 11.5 Å². The van der Waals surface area contributed by atoms with Crippen LogP contribution in [0.5, 0.6) is 0 Å². The number of nitrogens with zero attached hydrogens (tertiary/aromatic N) is 1. The molecule has 25 heavy (non-hydrogen) atoms. The second kappa shape index (κ2) is 8.27. The summed E-state index contributed by atoms with van der Waals surface area (Å²) in [6, 6.07) is 0. The number of ether oxygens (including phenoxy) is 1. The number of ketones is 1. The molecule has 0 bridgehead atoms. The van der Waals surface area contributed by atoms with Crippen LogP contribution in [0.3, 0.4) is 0 Å². The first-order valence-electron chi connectivity index (χ1n) is 7.15. The standard InChI is InChI=1S/C15H15F3N2O5/c1-4-19-6-8(15(22)25-5-2)14(21)9-10(16)7(3)11(17)12(18)13(9)20(23)24/h6,19H,4-5H2,1-3H3/b8-6+. The van der Waals surface area contributed by atoms with Gasteiger partial charge in [-0.05, 0) is 20.8 Å². The predicted octanol–water partition coefficient (Wildman–Crippen LogP) is 2.56. The van der Waals surface area contributed by atoms with Crippen molar-refractivity contribution in [2.45, 2.75) is 20.8 Å². The molecule has 0 radical (unpaired) electrons. The smallest absolute Gasteiger partial charge is 0.343 e. The Kier molecular flexibility index (Phi) is 6.66. The van der Waals surface area contributed by atoms with Crippen LogP contribution in [-0.2, 0) is 9.53 Å². The van der Waals surface area contributed by atoms with E-state index in [1.807, 2.05) is 0 Å². The lowest BCUT2D eigenvalue weighted by molar-refractivity contribution is -0.388. The predicted molar refractivity (Wildman–Crippen MR) is 80.4 cm³/mol. The van der Waals surface area contributed by atoms with E-state index in [2.05, 4.69) is 10.1 Å². The van der Waals surface area contributed by atoms with Gasteiger partial charge in [-0.25, -0.2) is 13.6 Å².